The van der Waals surface area contributed by atoms with Gasteiger partial charge in [-0.25, -0.2) is 0 Å². The minimum absolute atomic E-state index is 0.107. The maximum atomic E-state index is 9.39. The molecule has 0 aliphatic heterocycles. The third-order valence-corrected chi connectivity index (χ3v) is 3.86. The molecular weight excluding hydrogens is 320 g/mol. The molecule has 24 heavy (non-hydrogen) atoms. The van der Waals surface area contributed by atoms with E-state index in [2.05, 4.69) is 16.4 Å². The Kier molecular flexibility index (Phi) is 6.61. The lowest BCUT2D eigenvalue weighted by molar-refractivity contribution is 0.523. The molecule has 1 aromatic rings. The first-order valence-corrected chi connectivity index (χ1v) is 8.01. The molecule has 0 heterocycles. The van der Waals surface area contributed by atoms with E-state index in [0.29, 0.717) is 5.75 Å². The highest BCUT2D eigenvalue weighted by Gasteiger charge is 2.30. The van der Waals surface area contributed by atoms with Crippen molar-refractivity contribution in [2.75, 3.05) is 12.4 Å². The second-order valence-electron chi connectivity index (χ2n) is 6.61. The van der Waals surface area contributed by atoms with Gasteiger partial charge in [-0.2, -0.15) is 5.26 Å². The van der Waals surface area contributed by atoms with Crippen LogP contribution in [0.2, 0.25) is 0 Å². The van der Waals surface area contributed by atoms with Gasteiger partial charge in [0.2, 0.25) is 0 Å². The maximum Gasteiger partial charge on any atom is 0.190 e. The van der Waals surface area contributed by atoms with Gasteiger partial charge in [-0.3, -0.25) is 4.99 Å². The molecule has 0 aliphatic rings. The van der Waals surface area contributed by atoms with Crippen LogP contribution in [0.1, 0.15) is 31.9 Å². The van der Waals surface area contributed by atoms with Gasteiger partial charge in [-0.15, -0.1) is 0 Å². The van der Waals surface area contributed by atoms with Crippen LogP contribution in [0.25, 0.3) is 0 Å². The van der Waals surface area contributed by atoms with Gasteiger partial charge >= 0.3 is 0 Å². The number of ether oxygens (including phenoxy) is 1. The number of hydrogen-bond acceptors (Lipinski definition) is 5. The van der Waals surface area contributed by atoms with Crippen molar-refractivity contribution in [1.29, 1.82) is 10.7 Å². The normalized spacial score (nSPS) is 12.5. The summed E-state index contributed by atoms with van der Waals surface area (Å²) in [6.45, 7) is 9.50. The third kappa shape index (κ3) is 4.87. The molecule has 0 saturated carbocycles. The van der Waals surface area contributed by atoms with Crippen LogP contribution in [0.3, 0.4) is 0 Å². The molecule has 1 unspecified atom stereocenters. The molecule has 0 saturated heterocycles. The maximum absolute atomic E-state index is 9.39. The van der Waals surface area contributed by atoms with E-state index < -0.39 is 11.3 Å². The molecule has 0 amide bonds. The molecule has 128 valence electrons. The van der Waals surface area contributed by atoms with Crippen LogP contribution in [0.4, 0.5) is 5.69 Å². The monoisotopic (exact) mass is 344 g/mol. The zero-order valence-corrected chi connectivity index (χ0v) is 15.8. The molecule has 0 radical (unpaired) electrons. The number of nitrogens with one attached hydrogen (secondary N) is 2. The van der Waals surface area contributed by atoms with Gasteiger partial charge in [0.25, 0.3) is 0 Å². The summed E-state index contributed by atoms with van der Waals surface area (Å²) in [7, 11) is 1.69. The van der Waals surface area contributed by atoms with Crippen LogP contribution < -0.4 is 10.1 Å². The number of aryl methyl sites for hydroxylation is 2. The molecule has 1 atom stereocenters. The lowest BCUT2D eigenvalue weighted by Crippen LogP contribution is -2.33. The van der Waals surface area contributed by atoms with Crippen molar-refractivity contribution >= 4 is 35.0 Å². The fourth-order valence-electron chi connectivity index (χ4n) is 2.02. The fraction of sp³-hybridized carbons (Fsp3) is 0.444. The lowest BCUT2D eigenvalue weighted by atomic mass is 9.83. The lowest BCUT2D eigenvalue weighted by Gasteiger charge is -2.24. The van der Waals surface area contributed by atoms with Gasteiger partial charge in [0.05, 0.1) is 12.4 Å². The van der Waals surface area contributed by atoms with Crippen molar-refractivity contribution < 1.29 is 4.74 Å². The van der Waals surface area contributed by atoms with E-state index in [0.717, 1.165) is 16.8 Å². The van der Waals surface area contributed by atoms with Crippen LogP contribution in [-0.2, 0) is 0 Å². The number of anilines is 1. The van der Waals surface area contributed by atoms with Crippen LogP contribution >= 0.6 is 12.2 Å². The van der Waals surface area contributed by atoms with E-state index >= 15 is 0 Å². The van der Waals surface area contributed by atoms with Crippen molar-refractivity contribution in [1.82, 2.24) is 0 Å². The van der Waals surface area contributed by atoms with E-state index in [-0.39, 0.29) is 10.8 Å². The predicted molar refractivity (Wildman–Crippen MR) is 103 cm³/mol. The van der Waals surface area contributed by atoms with Gasteiger partial charge in [0.15, 0.2) is 11.0 Å². The first-order chi connectivity index (χ1) is 11.1. The summed E-state index contributed by atoms with van der Waals surface area (Å²) >= 11 is 5.29. The Morgan fingerprint density at radius 1 is 1.38 bits per heavy atom. The molecule has 0 aromatic heterocycles. The predicted octanol–water partition coefficient (Wildman–Crippen LogP) is 4.29. The molecule has 1 aromatic carbocycles. The number of thiocarbonyl (C=S) groups is 1. The third-order valence-electron chi connectivity index (χ3n) is 3.54. The Balaban J connectivity index is 3.04. The Labute approximate surface area is 149 Å². The van der Waals surface area contributed by atoms with Gasteiger partial charge in [-0.05, 0) is 49.3 Å². The van der Waals surface area contributed by atoms with E-state index in [1.54, 1.807) is 13.4 Å². The van der Waals surface area contributed by atoms with Crippen molar-refractivity contribution in [2.24, 2.45) is 16.3 Å². The molecule has 6 heteroatoms. The minimum atomic E-state index is -0.843. The molecule has 1 rings (SSSR count). The van der Waals surface area contributed by atoms with Crippen LogP contribution in [0.15, 0.2) is 17.1 Å². The number of nitrogens with zero attached hydrogens (tertiary/aromatic N) is 2. The zero-order valence-electron chi connectivity index (χ0n) is 15.0. The van der Waals surface area contributed by atoms with Crippen molar-refractivity contribution in [3.05, 3.63) is 23.3 Å². The van der Waals surface area contributed by atoms with E-state index in [4.69, 9.17) is 22.4 Å². The molecule has 0 bridgehead atoms. The SMILES string of the molecule is CN=CNc1cc(C)c(OC(=S)C(C#N)C(=N)C(C)(C)C)cc1C. The average Bonchev–Trinajstić information content (AvgIpc) is 2.49. The summed E-state index contributed by atoms with van der Waals surface area (Å²) in [5.41, 5.74) is 2.59. The first kappa shape index (κ1) is 19.8. The summed E-state index contributed by atoms with van der Waals surface area (Å²) in [5, 5.41) is 20.8. The first-order valence-electron chi connectivity index (χ1n) is 7.60. The quantitative estimate of drug-likeness (QED) is 0.474. The van der Waals surface area contributed by atoms with E-state index in [9.17, 15) is 5.26 Å². The molecular formula is C18H24N4OS. The standard InChI is InChI=1S/C18H24N4OS/c1-11-8-15(12(2)7-14(11)22-10-21-6)23-17(24)13(9-19)16(20)18(3,4)5/h7-8,10,13,20H,1-6H3,(H,21,22). The smallest absolute Gasteiger partial charge is 0.190 e. The van der Waals surface area contributed by atoms with Gasteiger partial charge in [0, 0.05) is 23.9 Å². The minimum Gasteiger partial charge on any atom is -0.448 e. The fourth-order valence-corrected chi connectivity index (χ4v) is 2.29. The van der Waals surface area contributed by atoms with Crippen LogP contribution in [-0.4, -0.2) is 24.1 Å². The summed E-state index contributed by atoms with van der Waals surface area (Å²) in [6.07, 6.45) is 1.61. The van der Waals surface area contributed by atoms with Crippen molar-refractivity contribution in [3.8, 4) is 11.8 Å². The highest BCUT2D eigenvalue weighted by atomic mass is 32.1. The molecule has 0 aliphatic carbocycles. The highest BCUT2D eigenvalue weighted by Crippen LogP contribution is 2.28. The Hall–Kier alpha value is -2.26. The zero-order chi connectivity index (χ0) is 18.5. The largest absolute Gasteiger partial charge is 0.448 e. The molecule has 0 spiro atoms. The van der Waals surface area contributed by atoms with Crippen LogP contribution in [0, 0.1) is 41.9 Å². The Morgan fingerprint density at radius 2 is 2.00 bits per heavy atom. The highest BCUT2D eigenvalue weighted by molar-refractivity contribution is 7.80. The van der Waals surface area contributed by atoms with Gasteiger partial charge < -0.3 is 15.5 Å². The summed E-state index contributed by atoms with van der Waals surface area (Å²) < 4.78 is 5.76. The second-order valence-corrected chi connectivity index (χ2v) is 7.01. The number of rotatable bonds is 5. The van der Waals surface area contributed by atoms with Gasteiger partial charge in [0.1, 0.15) is 5.75 Å². The van der Waals surface area contributed by atoms with Crippen molar-refractivity contribution in [3.63, 3.8) is 0 Å². The molecule has 5 nitrogen and oxygen atoms in total. The molecule has 2 N–H and O–H groups in total. The second kappa shape index (κ2) is 8.02. The number of aliphatic imine (C=N–C) groups is 1. The topological polar surface area (TPSA) is 81.3 Å². The van der Waals surface area contributed by atoms with E-state index in [1.165, 1.54) is 0 Å². The number of benzene rings is 1. The Morgan fingerprint density at radius 3 is 2.50 bits per heavy atom. The average molecular weight is 344 g/mol. The molecule has 0 fully saturated rings. The van der Waals surface area contributed by atoms with E-state index in [1.807, 2.05) is 46.8 Å². The van der Waals surface area contributed by atoms with Crippen LogP contribution in [0.5, 0.6) is 5.75 Å². The number of hydrogen-bond donors (Lipinski definition) is 2. The summed E-state index contributed by atoms with van der Waals surface area (Å²) in [6, 6.07) is 5.88. The number of nitriles is 1. The van der Waals surface area contributed by atoms with Crippen molar-refractivity contribution in [2.45, 2.75) is 34.6 Å². The summed E-state index contributed by atoms with van der Waals surface area (Å²) in [5.74, 6) is -0.247. The van der Waals surface area contributed by atoms with Gasteiger partial charge in [-0.1, -0.05) is 20.8 Å². The summed E-state index contributed by atoms with van der Waals surface area (Å²) in [4.78, 5) is 3.90. The Bertz CT molecular complexity index is 711.